The Kier molecular flexibility index (Phi) is 16.8. The van der Waals surface area contributed by atoms with Gasteiger partial charge in [0.1, 0.15) is 35.6 Å². The average Bonchev–Trinajstić information content (AvgIpc) is 3.14. The topological polar surface area (TPSA) is 212 Å². The molecule has 14 nitrogen and oxygen atoms in total. The van der Waals surface area contributed by atoms with Crippen molar-refractivity contribution in [1.82, 2.24) is 26.2 Å². The number of carbonyl (C=O) groups excluding carboxylic acids is 5. The minimum atomic E-state index is -2.63. The van der Waals surface area contributed by atoms with Crippen molar-refractivity contribution in [3.8, 4) is 0 Å². The summed E-state index contributed by atoms with van der Waals surface area (Å²) in [6.45, 7) is 7.94. The molecular weight excluding hydrogens is 737 g/mol. The standard InChI is InChI=1S/C39H55F3N6O8/c1-6-9-10-11-32(50)44-30(21-33(51)48(7-2)8-3)36(53)45-29(18-24-12-15-26(40)16-13-24)37(54)46-31(19-25-14-17-27(41)20-28(25)42)39(55)38(5,22-49)47-34(35(43)52)23(4)56-39/h12-17,20,23,29-31,34,47,49,55H,6-11,18-19,21-22H2,1-5H3,(H2,43,52)(H,44,50)(H,45,53)(H,46,54)/t23-,29-,30+,31-,34-,38-,39-/m0/s1. The maximum atomic E-state index is 15.2. The zero-order valence-corrected chi connectivity index (χ0v) is 32.5. The van der Waals surface area contributed by atoms with E-state index in [9.17, 15) is 43.0 Å². The minimum Gasteiger partial charge on any atom is -0.394 e. The van der Waals surface area contributed by atoms with Gasteiger partial charge in [-0.25, -0.2) is 13.2 Å². The van der Waals surface area contributed by atoms with Gasteiger partial charge in [0.25, 0.3) is 0 Å². The van der Waals surface area contributed by atoms with Crippen LogP contribution in [0.1, 0.15) is 77.8 Å². The first kappa shape index (κ1) is 45.8. The maximum Gasteiger partial charge on any atom is 0.243 e. The number of benzene rings is 2. The molecule has 0 spiro atoms. The second-order valence-corrected chi connectivity index (χ2v) is 14.3. The second-order valence-electron chi connectivity index (χ2n) is 14.3. The lowest BCUT2D eigenvalue weighted by molar-refractivity contribution is -0.313. The van der Waals surface area contributed by atoms with Crippen LogP contribution in [0.25, 0.3) is 0 Å². The van der Waals surface area contributed by atoms with Gasteiger partial charge in [-0.3, -0.25) is 29.3 Å². The van der Waals surface area contributed by atoms with E-state index in [1.165, 1.54) is 30.9 Å². The van der Waals surface area contributed by atoms with E-state index in [-0.39, 0.29) is 18.4 Å². The summed E-state index contributed by atoms with van der Waals surface area (Å²) in [7, 11) is 0. The highest BCUT2D eigenvalue weighted by molar-refractivity contribution is 5.95. The lowest BCUT2D eigenvalue weighted by Gasteiger charge is -2.55. The molecule has 0 unspecified atom stereocenters. The van der Waals surface area contributed by atoms with Crippen LogP contribution in [0.4, 0.5) is 13.2 Å². The highest BCUT2D eigenvalue weighted by atomic mass is 19.1. The third kappa shape index (κ3) is 11.7. The molecule has 1 fully saturated rings. The van der Waals surface area contributed by atoms with Crippen LogP contribution in [0, 0.1) is 17.5 Å². The zero-order chi connectivity index (χ0) is 41.8. The second kappa shape index (κ2) is 20.5. The van der Waals surface area contributed by atoms with E-state index < -0.39 is 108 Å². The number of amides is 5. The number of rotatable bonds is 20. The Balaban J connectivity index is 2.08. The van der Waals surface area contributed by atoms with Gasteiger partial charge in [0.05, 0.1) is 30.7 Å². The summed E-state index contributed by atoms with van der Waals surface area (Å²) in [5.41, 5.74) is 3.79. The molecule has 1 aliphatic rings. The first-order chi connectivity index (χ1) is 26.4. The Morgan fingerprint density at radius 1 is 0.911 bits per heavy atom. The van der Waals surface area contributed by atoms with Gasteiger partial charge in [0.15, 0.2) is 0 Å². The molecule has 7 atom stereocenters. The van der Waals surface area contributed by atoms with Crippen molar-refractivity contribution in [3.05, 3.63) is 71.0 Å². The molecule has 8 N–H and O–H groups in total. The fraction of sp³-hybridized carbons (Fsp3) is 0.564. The lowest BCUT2D eigenvalue weighted by Crippen LogP contribution is -2.80. The van der Waals surface area contributed by atoms with Crippen LogP contribution >= 0.6 is 0 Å². The monoisotopic (exact) mass is 792 g/mol. The number of primary amides is 1. The van der Waals surface area contributed by atoms with Crippen LogP contribution in [-0.2, 0) is 41.6 Å². The van der Waals surface area contributed by atoms with Gasteiger partial charge in [0, 0.05) is 38.4 Å². The zero-order valence-electron chi connectivity index (χ0n) is 32.5. The van der Waals surface area contributed by atoms with Crippen molar-refractivity contribution < 1.29 is 52.1 Å². The molecule has 0 aromatic heterocycles. The number of hydrogen-bond acceptors (Lipinski definition) is 9. The van der Waals surface area contributed by atoms with Crippen LogP contribution in [0.3, 0.4) is 0 Å². The Bertz CT molecular complexity index is 1680. The SMILES string of the molecule is CCCCCC(=O)N[C@H](CC(=O)N(CC)CC)C(=O)N[C@@H](Cc1ccc(F)cc1)C(=O)N[C@@H](Cc1ccc(F)cc1F)[C@]1(O)O[C@@H](C)[C@@H](C(N)=O)N[C@@]1(C)CO. The molecule has 1 aliphatic heterocycles. The first-order valence-corrected chi connectivity index (χ1v) is 18.9. The third-order valence-corrected chi connectivity index (χ3v) is 10.1. The molecule has 0 radical (unpaired) electrons. The van der Waals surface area contributed by atoms with E-state index in [1.807, 2.05) is 6.92 Å². The molecule has 56 heavy (non-hydrogen) atoms. The van der Waals surface area contributed by atoms with Crippen LogP contribution in [0.2, 0.25) is 0 Å². The minimum absolute atomic E-state index is 0.0868. The highest BCUT2D eigenvalue weighted by Crippen LogP contribution is 2.36. The number of aliphatic hydroxyl groups excluding tert-OH is 1. The molecule has 1 heterocycles. The van der Waals surface area contributed by atoms with Gasteiger partial charge in [-0.1, -0.05) is 38.0 Å². The third-order valence-electron chi connectivity index (χ3n) is 10.1. The van der Waals surface area contributed by atoms with Gasteiger partial charge in [-0.05, 0) is 63.4 Å². The van der Waals surface area contributed by atoms with Crippen molar-refractivity contribution >= 4 is 29.5 Å². The summed E-state index contributed by atoms with van der Waals surface area (Å²) in [4.78, 5) is 68.3. The summed E-state index contributed by atoms with van der Waals surface area (Å²) in [6, 6.07) is 1.84. The number of ether oxygens (including phenoxy) is 1. The molecule has 2 aromatic rings. The first-order valence-electron chi connectivity index (χ1n) is 18.9. The van der Waals surface area contributed by atoms with E-state index >= 15 is 4.39 Å². The Hall–Kier alpha value is -4.58. The van der Waals surface area contributed by atoms with Gasteiger partial charge in [-0.15, -0.1) is 0 Å². The number of nitrogens with zero attached hydrogens (tertiary/aromatic N) is 1. The number of hydrogen-bond donors (Lipinski definition) is 7. The Morgan fingerprint density at radius 2 is 1.54 bits per heavy atom. The van der Waals surface area contributed by atoms with Gasteiger partial charge < -0.3 is 41.5 Å². The van der Waals surface area contributed by atoms with E-state index in [4.69, 9.17) is 10.5 Å². The molecule has 1 saturated heterocycles. The summed E-state index contributed by atoms with van der Waals surface area (Å²) >= 11 is 0. The van der Waals surface area contributed by atoms with E-state index in [1.54, 1.807) is 13.8 Å². The number of carbonyl (C=O) groups is 5. The number of nitrogens with one attached hydrogen (secondary N) is 4. The molecule has 5 amide bonds. The molecule has 0 bridgehead atoms. The van der Waals surface area contributed by atoms with E-state index in [0.29, 0.717) is 31.1 Å². The largest absolute Gasteiger partial charge is 0.394 e. The molecular formula is C39H55F3N6O8. The van der Waals surface area contributed by atoms with Gasteiger partial charge in [0.2, 0.25) is 35.3 Å². The van der Waals surface area contributed by atoms with Crippen molar-refractivity contribution in [2.75, 3.05) is 19.7 Å². The normalized spacial score (nSPS) is 22.3. The molecule has 310 valence electrons. The number of morpholine rings is 1. The molecule has 2 aromatic carbocycles. The van der Waals surface area contributed by atoms with Crippen molar-refractivity contribution in [2.45, 2.75) is 121 Å². The highest BCUT2D eigenvalue weighted by Gasteiger charge is 2.60. The van der Waals surface area contributed by atoms with Crippen LogP contribution in [0.15, 0.2) is 42.5 Å². The predicted octanol–water partition coefficient (Wildman–Crippen LogP) is 1.48. The van der Waals surface area contributed by atoms with Crippen LogP contribution in [-0.4, -0.2) is 106 Å². The number of unbranched alkanes of at least 4 members (excludes halogenated alkanes) is 2. The fourth-order valence-corrected chi connectivity index (χ4v) is 6.67. The smallest absolute Gasteiger partial charge is 0.243 e. The molecule has 0 aliphatic carbocycles. The van der Waals surface area contributed by atoms with Gasteiger partial charge in [-0.2, -0.15) is 0 Å². The fourth-order valence-electron chi connectivity index (χ4n) is 6.67. The quantitative estimate of drug-likeness (QED) is 0.0967. The van der Waals surface area contributed by atoms with Crippen molar-refractivity contribution in [3.63, 3.8) is 0 Å². The summed E-state index contributed by atoms with van der Waals surface area (Å²) < 4.78 is 48.9. The summed E-state index contributed by atoms with van der Waals surface area (Å²) in [5, 5.41) is 33.5. The van der Waals surface area contributed by atoms with E-state index in [0.717, 1.165) is 37.1 Å². The van der Waals surface area contributed by atoms with Crippen molar-refractivity contribution in [1.29, 1.82) is 0 Å². The van der Waals surface area contributed by atoms with Gasteiger partial charge >= 0.3 is 0 Å². The lowest BCUT2D eigenvalue weighted by atomic mass is 9.79. The van der Waals surface area contributed by atoms with Crippen molar-refractivity contribution in [2.24, 2.45) is 5.73 Å². The number of aliphatic hydroxyl groups is 2. The van der Waals surface area contributed by atoms with E-state index in [2.05, 4.69) is 21.3 Å². The van der Waals surface area contributed by atoms with Crippen LogP contribution in [0.5, 0.6) is 0 Å². The molecule has 0 saturated carbocycles. The average molecular weight is 793 g/mol. The Labute approximate surface area is 325 Å². The number of halogens is 3. The molecule has 3 rings (SSSR count). The summed E-state index contributed by atoms with van der Waals surface area (Å²) in [6.07, 6.45) is -0.204. The Morgan fingerprint density at radius 3 is 2.11 bits per heavy atom. The van der Waals surface area contributed by atoms with Crippen LogP contribution < -0.4 is 27.0 Å². The number of nitrogens with two attached hydrogens (primary N) is 1. The summed E-state index contributed by atoms with van der Waals surface area (Å²) in [5.74, 6) is -8.80. The molecule has 17 heteroatoms. The maximum absolute atomic E-state index is 15.2. The predicted molar refractivity (Wildman–Crippen MR) is 200 cm³/mol.